The van der Waals surface area contributed by atoms with Crippen molar-refractivity contribution < 1.29 is 37.3 Å². The number of rotatable bonds is 9. The molecule has 3 aromatic rings. The molecule has 0 radical (unpaired) electrons. The molecule has 1 saturated carbocycles. The van der Waals surface area contributed by atoms with Crippen molar-refractivity contribution in [2.24, 2.45) is 5.92 Å². The number of aromatic hydroxyl groups is 1. The highest BCUT2D eigenvalue weighted by Crippen LogP contribution is 2.67. The van der Waals surface area contributed by atoms with Crippen molar-refractivity contribution in [1.82, 2.24) is 9.80 Å². The van der Waals surface area contributed by atoms with Crippen LogP contribution in [0.15, 0.2) is 72.8 Å². The predicted molar refractivity (Wildman–Crippen MR) is 183 cm³/mol. The molecule has 7 rings (SSSR count). The number of hydrogen-bond donors (Lipinski definition) is 1. The van der Waals surface area contributed by atoms with Crippen molar-refractivity contribution in [3.63, 3.8) is 0 Å². The number of carbonyl (C=O) groups excluding carboxylic acids is 2. The highest BCUT2D eigenvalue weighted by molar-refractivity contribution is 5.92. The number of ether oxygens (including phenoxy) is 2. The number of nitrogens with zero attached hydrogens (tertiary/aromatic N) is 2. The lowest BCUT2D eigenvalue weighted by Gasteiger charge is -2.65. The molecule has 1 amide bonds. The summed E-state index contributed by atoms with van der Waals surface area (Å²) in [6, 6.07) is 18.1. The van der Waals surface area contributed by atoms with Crippen molar-refractivity contribution in [3.05, 3.63) is 101 Å². The molecule has 3 aromatic carbocycles. The Kier molecular flexibility index (Phi) is 8.73. The van der Waals surface area contributed by atoms with Gasteiger partial charge in [-0.1, -0.05) is 62.4 Å². The van der Waals surface area contributed by atoms with Gasteiger partial charge in [-0.25, -0.2) is 0 Å². The van der Waals surface area contributed by atoms with Gasteiger partial charge >= 0.3 is 12.1 Å². The van der Waals surface area contributed by atoms with Crippen molar-refractivity contribution in [3.8, 4) is 11.5 Å². The van der Waals surface area contributed by atoms with Crippen LogP contribution in [0.3, 0.4) is 0 Å². The zero-order valence-corrected chi connectivity index (χ0v) is 28.6. The average Bonchev–Trinajstić information content (AvgIpc) is 3.43. The molecular formula is C40H43F3N2O5. The van der Waals surface area contributed by atoms with Crippen LogP contribution in [0, 0.1) is 5.92 Å². The molecule has 2 aliphatic carbocycles. The van der Waals surface area contributed by atoms with Gasteiger partial charge in [0.15, 0.2) is 11.5 Å². The molecule has 50 heavy (non-hydrogen) atoms. The van der Waals surface area contributed by atoms with E-state index in [1.54, 1.807) is 6.07 Å². The highest BCUT2D eigenvalue weighted by Gasteiger charge is 2.75. The van der Waals surface area contributed by atoms with Gasteiger partial charge in [0.1, 0.15) is 11.7 Å². The molecule has 1 N–H and O–H groups in total. The van der Waals surface area contributed by atoms with Gasteiger partial charge in [-0.15, -0.1) is 0 Å². The van der Waals surface area contributed by atoms with Gasteiger partial charge in [-0.05, 0) is 85.5 Å². The van der Waals surface area contributed by atoms with E-state index < -0.39 is 34.9 Å². The smallest absolute Gasteiger partial charge is 0.416 e. The third kappa shape index (κ3) is 5.65. The Hall–Kier alpha value is -4.31. The Bertz CT molecular complexity index is 1790. The van der Waals surface area contributed by atoms with Crippen molar-refractivity contribution in [1.29, 1.82) is 0 Å². The first-order chi connectivity index (χ1) is 23.8. The lowest BCUT2D eigenvalue weighted by atomic mass is 9.48. The van der Waals surface area contributed by atoms with Gasteiger partial charge in [-0.2, -0.15) is 13.2 Å². The Morgan fingerprint density at radius 1 is 1.08 bits per heavy atom. The summed E-state index contributed by atoms with van der Waals surface area (Å²) in [7, 11) is 0. The van der Waals surface area contributed by atoms with Crippen LogP contribution in [0.1, 0.15) is 67.9 Å². The first kappa shape index (κ1) is 34.2. The molecule has 0 aromatic heterocycles. The fourth-order valence-electron chi connectivity index (χ4n) is 9.37. The number of hydrogen-bond acceptors (Lipinski definition) is 6. The van der Waals surface area contributed by atoms with Crippen LogP contribution in [0.25, 0.3) is 6.08 Å². The summed E-state index contributed by atoms with van der Waals surface area (Å²) in [6.45, 7) is 7.44. The zero-order chi connectivity index (χ0) is 35.4. The van der Waals surface area contributed by atoms with Crippen LogP contribution in [0.2, 0.25) is 0 Å². The number of alkyl halides is 3. The van der Waals surface area contributed by atoms with Crippen LogP contribution >= 0.6 is 0 Å². The summed E-state index contributed by atoms with van der Waals surface area (Å²) < 4.78 is 52.8. The summed E-state index contributed by atoms with van der Waals surface area (Å²) in [6.07, 6.45) is 1.00. The van der Waals surface area contributed by atoms with E-state index in [9.17, 15) is 27.9 Å². The first-order valence-electron chi connectivity index (χ1n) is 17.5. The minimum absolute atomic E-state index is 0.0249. The Labute approximate surface area is 290 Å². The van der Waals surface area contributed by atoms with E-state index in [-0.39, 0.29) is 29.6 Å². The van der Waals surface area contributed by atoms with Crippen LogP contribution in [-0.4, -0.2) is 70.2 Å². The molecule has 5 atom stereocenters. The summed E-state index contributed by atoms with van der Waals surface area (Å²) in [4.78, 5) is 31.5. The maximum Gasteiger partial charge on any atom is 0.416 e. The molecule has 2 fully saturated rings. The lowest BCUT2D eigenvalue weighted by molar-refractivity contribution is -0.224. The van der Waals surface area contributed by atoms with E-state index in [1.807, 2.05) is 43.0 Å². The molecule has 10 heteroatoms. The van der Waals surface area contributed by atoms with Crippen molar-refractivity contribution in [2.45, 2.75) is 88.3 Å². The van der Waals surface area contributed by atoms with E-state index in [4.69, 9.17) is 9.47 Å². The number of esters is 1. The highest BCUT2D eigenvalue weighted by atomic mass is 19.4. The van der Waals surface area contributed by atoms with Crippen molar-refractivity contribution in [2.75, 3.05) is 19.6 Å². The van der Waals surface area contributed by atoms with Gasteiger partial charge in [0.25, 0.3) is 0 Å². The first-order valence-corrected chi connectivity index (χ1v) is 17.5. The van der Waals surface area contributed by atoms with Gasteiger partial charge < -0.3 is 19.5 Å². The minimum atomic E-state index is -4.45. The van der Waals surface area contributed by atoms with E-state index >= 15 is 0 Å². The van der Waals surface area contributed by atoms with Crippen LogP contribution in [0.4, 0.5) is 13.2 Å². The molecule has 2 bridgehead atoms. The quantitative estimate of drug-likeness (QED) is 0.194. The molecule has 1 spiro atoms. The molecule has 4 aliphatic rings. The zero-order valence-electron chi connectivity index (χ0n) is 28.6. The Balaban J connectivity index is 1.26. The van der Waals surface area contributed by atoms with Gasteiger partial charge in [0.05, 0.1) is 23.1 Å². The normalized spacial score (nSPS) is 26.8. The number of carbonyl (C=O) groups is 2. The third-order valence-electron chi connectivity index (χ3n) is 11.3. The average molecular weight is 689 g/mol. The molecular weight excluding hydrogens is 645 g/mol. The number of phenolic OH excluding ortho intramolecular Hbond substituents is 1. The summed E-state index contributed by atoms with van der Waals surface area (Å²) in [5, 5.41) is 11.2. The monoisotopic (exact) mass is 688 g/mol. The largest absolute Gasteiger partial charge is 0.504 e. The van der Waals surface area contributed by atoms with Crippen molar-refractivity contribution >= 4 is 18.0 Å². The predicted octanol–water partition coefficient (Wildman–Crippen LogP) is 6.95. The number of phenols is 1. The number of likely N-dealkylation sites (tertiary alicyclic amines) is 1. The number of amides is 1. The fourth-order valence-corrected chi connectivity index (χ4v) is 9.37. The topological polar surface area (TPSA) is 79.3 Å². The van der Waals surface area contributed by atoms with Gasteiger partial charge in [-0.3, -0.25) is 14.5 Å². The molecule has 2 aliphatic heterocycles. The van der Waals surface area contributed by atoms with E-state index in [1.165, 1.54) is 36.8 Å². The standard InChI is InChI=1S/C40H43F3N2O5/c1-25(2)24-45(34(48)16-11-28-9-13-30(14-10-28)40(41,42)43)31-17-19-39(50-26(3)46)33-23-29-12-15-32(47)36-35(29)38(39,37(31)49-36)20-22-44(33)21-18-27-7-5-4-6-8-27/h4-16,25,31,33,37,47H,17-24H2,1-3H3/b16-11+/t31?,33-,37?,38+,39-/m1/s1. The van der Waals surface area contributed by atoms with Gasteiger partial charge in [0, 0.05) is 31.7 Å². The molecule has 1 saturated heterocycles. The molecule has 2 heterocycles. The maximum absolute atomic E-state index is 14.1. The van der Waals surface area contributed by atoms with E-state index in [0.717, 1.165) is 42.8 Å². The second kappa shape index (κ2) is 12.8. The van der Waals surface area contributed by atoms with E-state index in [0.29, 0.717) is 43.5 Å². The number of piperidine rings is 1. The van der Waals surface area contributed by atoms with Gasteiger partial charge in [0.2, 0.25) is 5.91 Å². The minimum Gasteiger partial charge on any atom is -0.504 e. The lowest BCUT2D eigenvalue weighted by Crippen LogP contribution is -2.79. The second-order valence-corrected chi connectivity index (χ2v) is 14.6. The molecule has 7 nitrogen and oxygen atoms in total. The maximum atomic E-state index is 14.1. The fraction of sp³-hybridized carbons (Fsp3) is 0.450. The Morgan fingerprint density at radius 3 is 2.50 bits per heavy atom. The SMILES string of the molecule is CC(=O)O[C@@]12CCC(N(CC(C)C)C(=O)/C=C/c3ccc(C(F)(F)F)cc3)C3Oc4c(O)ccc5c4[C@@]31CCN(CCc1ccccc1)[C@@H]2C5. The molecule has 2 unspecified atom stereocenters. The summed E-state index contributed by atoms with van der Waals surface area (Å²) in [5.41, 5.74) is 1.16. The summed E-state index contributed by atoms with van der Waals surface area (Å²) in [5.74, 6) is -0.122. The number of benzene rings is 3. The third-order valence-corrected chi connectivity index (χ3v) is 11.3. The van der Waals surface area contributed by atoms with E-state index in [2.05, 4.69) is 17.0 Å². The second-order valence-electron chi connectivity index (χ2n) is 14.6. The summed E-state index contributed by atoms with van der Waals surface area (Å²) >= 11 is 0. The van der Waals surface area contributed by atoms with Crippen LogP contribution in [0.5, 0.6) is 11.5 Å². The molecule has 264 valence electrons. The van der Waals surface area contributed by atoms with Crippen LogP contribution in [-0.2, 0) is 38.8 Å². The Morgan fingerprint density at radius 2 is 1.82 bits per heavy atom. The van der Waals surface area contributed by atoms with Crippen LogP contribution < -0.4 is 4.74 Å². The number of halogens is 3.